The van der Waals surface area contributed by atoms with Crippen LogP contribution in [0.4, 0.5) is 0 Å². The number of amides is 1. The number of nitrogens with one attached hydrogen (secondary N) is 1. The molecule has 0 spiro atoms. The third-order valence-electron chi connectivity index (χ3n) is 5.15. The minimum Gasteiger partial charge on any atom is -0.345 e. The zero-order chi connectivity index (χ0) is 20.1. The van der Waals surface area contributed by atoms with E-state index in [4.69, 9.17) is 0 Å². The van der Waals surface area contributed by atoms with Crippen LogP contribution in [0.2, 0.25) is 0 Å². The monoisotopic (exact) mass is 371 g/mol. The summed E-state index contributed by atoms with van der Waals surface area (Å²) in [7, 11) is 0. The van der Waals surface area contributed by atoms with E-state index in [2.05, 4.69) is 35.9 Å². The lowest BCUT2D eigenvalue weighted by Crippen LogP contribution is -2.27. The number of carbonyl (C=O) groups excluding carboxylic acids is 1. The van der Waals surface area contributed by atoms with Gasteiger partial charge in [0.15, 0.2) is 0 Å². The second-order valence-electron chi connectivity index (χ2n) is 7.04. The van der Waals surface area contributed by atoms with Gasteiger partial charge in [-0.25, -0.2) is 0 Å². The molecule has 0 fully saturated rings. The van der Waals surface area contributed by atoms with Crippen molar-refractivity contribution in [3.05, 3.63) is 77.5 Å². The molecular formula is C24H25N3O. The number of aromatic nitrogens is 1. The summed E-state index contributed by atoms with van der Waals surface area (Å²) < 4.78 is 2.21. The molecule has 142 valence electrons. The van der Waals surface area contributed by atoms with Gasteiger partial charge in [0.25, 0.3) is 5.91 Å². The Labute approximate surface area is 166 Å². The molecule has 0 saturated heterocycles. The summed E-state index contributed by atoms with van der Waals surface area (Å²) in [6.07, 6.45) is 4.72. The van der Waals surface area contributed by atoms with Gasteiger partial charge in [-0.05, 0) is 38.0 Å². The highest BCUT2D eigenvalue weighted by atomic mass is 16.1. The van der Waals surface area contributed by atoms with Crippen LogP contribution in [0.25, 0.3) is 17.0 Å². The Balaban J connectivity index is 1.92. The van der Waals surface area contributed by atoms with Gasteiger partial charge >= 0.3 is 0 Å². The molecule has 1 amide bonds. The second kappa shape index (κ2) is 8.58. The lowest BCUT2D eigenvalue weighted by molar-refractivity contribution is -0.117. The van der Waals surface area contributed by atoms with E-state index < -0.39 is 0 Å². The van der Waals surface area contributed by atoms with Crippen LogP contribution in [0.5, 0.6) is 0 Å². The number of rotatable bonds is 6. The fourth-order valence-corrected chi connectivity index (χ4v) is 3.31. The third kappa shape index (κ3) is 3.99. The molecule has 1 aromatic heterocycles. The minimum absolute atomic E-state index is 0.106. The highest BCUT2D eigenvalue weighted by molar-refractivity contribution is 6.04. The number of nitriles is 1. The molecule has 0 bridgehead atoms. The zero-order valence-corrected chi connectivity index (χ0v) is 16.5. The van der Waals surface area contributed by atoms with E-state index >= 15 is 0 Å². The summed E-state index contributed by atoms with van der Waals surface area (Å²) in [5, 5.41) is 13.6. The number of benzene rings is 2. The van der Waals surface area contributed by atoms with Crippen LogP contribution >= 0.6 is 0 Å². The maximum Gasteiger partial charge on any atom is 0.262 e. The molecular weight excluding hydrogens is 346 g/mol. The van der Waals surface area contributed by atoms with Crippen LogP contribution in [0.3, 0.4) is 0 Å². The quantitative estimate of drug-likeness (QED) is 0.466. The van der Waals surface area contributed by atoms with Crippen LogP contribution < -0.4 is 5.32 Å². The van der Waals surface area contributed by atoms with Crippen molar-refractivity contribution in [1.29, 1.82) is 5.26 Å². The van der Waals surface area contributed by atoms with Gasteiger partial charge in [-0.2, -0.15) is 5.26 Å². The number of nitrogens with zero attached hydrogens (tertiary/aromatic N) is 2. The summed E-state index contributed by atoms with van der Waals surface area (Å²) >= 11 is 0. The van der Waals surface area contributed by atoms with Crippen molar-refractivity contribution in [2.45, 2.75) is 39.3 Å². The normalized spacial score (nSPS) is 13.7. The Bertz CT molecular complexity index is 1040. The van der Waals surface area contributed by atoms with Crippen molar-refractivity contribution in [3.8, 4) is 6.07 Å². The predicted molar refractivity (Wildman–Crippen MR) is 114 cm³/mol. The molecule has 0 aliphatic carbocycles. The first-order valence-corrected chi connectivity index (χ1v) is 9.62. The van der Waals surface area contributed by atoms with Crippen LogP contribution in [0.1, 0.15) is 50.4 Å². The van der Waals surface area contributed by atoms with E-state index in [0.29, 0.717) is 6.04 Å². The highest BCUT2D eigenvalue weighted by Crippen LogP contribution is 2.27. The molecule has 1 N–H and O–H groups in total. The van der Waals surface area contributed by atoms with Crippen molar-refractivity contribution in [3.63, 3.8) is 0 Å². The lowest BCUT2D eigenvalue weighted by atomic mass is 10.1. The molecule has 4 heteroatoms. The first kappa shape index (κ1) is 19.4. The Kier molecular flexibility index (Phi) is 5.96. The largest absolute Gasteiger partial charge is 0.345 e. The average molecular weight is 371 g/mol. The minimum atomic E-state index is -0.362. The van der Waals surface area contributed by atoms with Crippen LogP contribution in [-0.4, -0.2) is 10.5 Å². The lowest BCUT2D eigenvalue weighted by Gasteiger charge is -2.13. The first-order chi connectivity index (χ1) is 13.5. The molecule has 0 unspecified atom stereocenters. The van der Waals surface area contributed by atoms with E-state index in [-0.39, 0.29) is 17.5 Å². The van der Waals surface area contributed by atoms with Gasteiger partial charge in [-0.15, -0.1) is 0 Å². The summed E-state index contributed by atoms with van der Waals surface area (Å²) in [5.74, 6) is -0.362. The molecule has 4 nitrogen and oxygen atoms in total. The van der Waals surface area contributed by atoms with E-state index in [1.807, 2.05) is 61.7 Å². The molecule has 2 atom stereocenters. The Morgan fingerprint density at radius 3 is 2.50 bits per heavy atom. The fraction of sp³-hybridized carbons (Fsp3) is 0.250. The average Bonchev–Trinajstić information content (AvgIpc) is 3.10. The van der Waals surface area contributed by atoms with E-state index in [9.17, 15) is 10.1 Å². The third-order valence-corrected chi connectivity index (χ3v) is 5.15. The number of hydrogen-bond acceptors (Lipinski definition) is 2. The highest BCUT2D eigenvalue weighted by Gasteiger charge is 2.16. The van der Waals surface area contributed by atoms with Crippen LogP contribution in [0.15, 0.2) is 66.4 Å². The fourth-order valence-electron chi connectivity index (χ4n) is 3.31. The molecule has 0 saturated carbocycles. The molecule has 2 aromatic carbocycles. The van der Waals surface area contributed by atoms with Gasteiger partial charge in [0.2, 0.25) is 0 Å². The van der Waals surface area contributed by atoms with Gasteiger partial charge in [0.05, 0.1) is 6.04 Å². The van der Waals surface area contributed by atoms with Gasteiger partial charge < -0.3 is 9.88 Å². The topological polar surface area (TPSA) is 57.8 Å². The first-order valence-electron chi connectivity index (χ1n) is 9.62. The van der Waals surface area contributed by atoms with Crippen molar-refractivity contribution >= 4 is 22.9 Å². The Morgan fingerprint density at radius 2 is 1.82 bits per heavy atom. The van der Waals surface area contributed by atoms with E-state index in [1.165, 1.54) is 0 Å². The molecule has 0 aliphatic rings. The number of fused-ring (bicyclic) bond motifs is 1. The molecule has 28 heavy (non-hydrogen) atoms. The number of para-hydroxylation sites is 1. The number of hydrogen-bond donors (Lipinski definition) is 1. The van der Waals surface area contributed by atoms with Crippen LogP contribution in [0, 0.1) is 11.3 Å². The van der Waals surface area contributed by atoms with E-state index in [0.717, 1.165) is 28.5 Å². The van der Waals surface area contributed by atoms with Crippen molar-refractivity contribution in [2.75, 3.05) is 0 Å². The van der Waals surface area contributed by atoms with Gasteiger partial charge in [0.1, 0.15) is 11.6 Å². The molecule has 1 heterocycles. The zero-order valence-electron chi connectivity index (χ0n) is 16.5. The Hall–Kier alpha value is -3.32. The SMILES string of the molecule is CC[C@H](C)n1cc(/C=C(/C#N)C(=O)N[C@H](C)c2ccccc2)c2ccccc21. The maximum absolute atomic E-state index is 12.7. The molecule has 3 aromatic rings. The number of carbonyl (C=O) groups is 1. The summed E-state index contributed by atoms with van der Waals surface area (Å²) in [6.45, 7) is 6.23. The smallest absolute Gasteiger partial charge is 0.262 e. The van der Waals surface area contributed by atoms with Gasteiger partial charge in [-0.1, -0.05) is 55.5 Å². The summed E-state index contributed by atoms with van der Waals surface area (Å²) in [5.41, 5.74) is 3.10. The van der Waals surface area contributed by atoms with Gasteiger partial charge in [-0.3, -0.25) is 4.79 Å². The Morgan fingerprint density at radius 1 is 1.14 bits per heavy atom. The van der Waals surface area contributed by atoms with Gasteiger partial charge in [0, 0.05) is 28.7 Å². The standard InChI is InChI=1S/C24H25N3O/c1-4-17(2)27-16-21(22-12-8-9-13-23(22)27)14-20(15-25)24(28)26-18(3)19-10-6-5-7-11-19/h5-14,16-18H,4H2,1-3H3,(H,26,28)/b20-14-/t17-,18+/m0/s1. The summed E-state index contributed by atoms with van der Waals surface area (Å²) in [4.78, 5) is 12.7. The summed E-state index contributed by atoms with van der Waals surface area (Å²) in [6, 6.07) is 20.0. The molecule has 0 aliphatic heterocycles. The maximum atomic E-state index is 12.7. The van der Waals surface area contributed by atoms with Crippen LogP contribution in [-0.2, 0) is 4.79 Å². The van der Waals surface area contributed by atoms with Crippen molar-refractivity contribution in [2.24, 2.45) is 0 Å². The van der Waals surface area contributed by atoms with Crippen molar-refractivity contribution in [1.82, 2.24) is 9.88 Å². The molecule has 0 radical (unpaired) electrons. The van der Waals surface area contributed by atoms with Crippen molar-refractivity contribution < 1.29 is 4.79 Å². The predicted octanol–water partition coefficient (Wildman–Crippen LogP) is 5.40. The van der Waals surface area contributed by atoms with E-state index in [1.54, 1.807) is 6.08 Å². The second-order valence-corrected chi connectivity index (χ2v) is 7.04. The molecule has 3 rings (SSSR count).